The lowest BCUT2D eigenvalue weighted by molar-refractivity contribution is -0.140. The number of aromatic carboxylic acids is 1. The van der Waals surface area contributed by atoms with Gasteiger partial charge in [0.15, 0.2) is 0 Å². The Morgan fingerprint density at radius 2 is 1.58 bits per heavy atom. The van der Waals surface area contributed by atoms with E-state index in [1.165, 1.54) is 0 Å². The Labute approximate surface area is 213 Å². The van der Waals surface area contributed by atoms with Crippen LogP contribution >= 0.6 is 0 Å². The number of nitrogens with zero attached hydrogens (tertiary/aromatic N) is 2. The molecule has 1 saturated carbocycles. The molecule has 2 amide bonds. The number of amides is 2. The van der Waals surface area contributed by atoms with Crippen molar-refractivity contribution in [1.29, 1.82) is 0 Å². The Morgan fingerprint density at radius 1 is 0.944 bits per heavy atom. The van der Waals surface area contributed by atoms with E-state index in [9.17, 15) is 19.5 Å². The molecule has 7 heteroatoms. The molecule has 1 heterocycles. The molecule has 1 aliphatic carbocycles. The van der Waals surface area contributed by atoms with E-state index in [4.69, 9.17) is 4.74 Å². The lowest BCUT2D eigenvalue weighted by Crippen LogP contribution is -2.42. The SMILES string of the molecule is CC(C)(C)OC(=O)N1C[C@H]2CCCC(C(=O)N(Cc3ccccc3)Cc3ccc(C(=O)O)cc3)[C@H]2C1. The van der Waals surface area contributed by atoms with Crippen molar-refractivity contribution in [3.05, 3.63) is 71.3 Å². The maximum Gasteiger partial charge on any atom is 0.410 e. The molecule has 0 spiro atoms. The normalized spacial score (nSPS) is 21.5. The lowest BCUT2D eigenvalue weighted by atomic mass is 9.73. The molecule has 4 rings (SSSR count). The minimum Gasteiger partial charge on any atom is -0.478 e. The third-order valence-corrected chi connectivity index (χ3v) is 7.17. The highest BCUT2D eigenvalue weighted by atomic mass is 16.6. The number of hydrogen-bond donors (Lipinski definition) is 1. The monoisotopic (exact) mass is 492 g/mol. The number of carbonyl (C=O) groups is 3. The van der Waals surface area contributed by atoms with Gasteiger partial charge in [0.25, 0.3) is 0 Å². The number of carbonyl (C=O) groups excluding carboxylic acids is 2. The zero-order valence-electron chi connectivity index (χ0n) is 21.4. The quantitative estimate of drug-likeness (QED) is 0.599. The molecule has 1 N–H and O–H groups in total. The Bertz CT molecular complexity index is 1080. The number of rotatable bonds is 6. The van der Waals surface area contributed by atoms with Crippen molar-refractivity contribution in [2.75, 3.05) is 13.1 Å². The zero-order valence-corrected chi connectivity index (χ0v) is 21.4. The van der Waals surface area contributed by atoms with Crippen LogP contribution in [0.3, 0.4) is 0 Å². The highest BCUT2D eigenvalue weighted by Gasteiger charge is 2.46. The summed E-state index contributed by atoms with van der Waals surface area (Å²) in [5.41, 5.74) is 1.60. The second-order valence-corrected chi connectivity index (χ2v) is 11.0. The molecular formula is C29H36N2O5. The molecular weight excluding hydrogens is 456 g/mol. The van der Waals surface area contributed by atoms with Gasteiger partial charge in [-0.1, -0.05) is 48.9 Å². The van der Waals surface area contributed by atoms with Gasteiger partial charge in [0, 0.05) is 32.1 Å². The maximum absolute atomic E-state index is 14.0. The van der Waals surface area contributed by atoms with Crippen LogP contribution in [-0.4, -0.2) is 51.6 Å². The van der Waals surface area contributed by atoms with Gasteiger partial charge in [0.2, 0.25) is 5.91 Å². The summed E-state index contributed by atoms with van der Waals surface area (Å²) < 4.78 is 5.61. The van der Waals surface area contributed by atoms with Crippen molar-refractivity contribution in [2.45, 2.75) is 58.7 Å². The van der Waals surface area contributed by atoms with E-state index < -0.39 is 11.6 Å². The number of carboxylic acids is 1. The Kier molecular flexibility index (Phi) is 7.67. The predicted octanol–water partition coefficient (Wildman–Crippen LogP) is 5.20. The largest absolute Gasteiger partial charge is 0.478 e. The number of carboxylic acid groups (broad SMARTS) is 1. The number of fused-ring (bicyclic) bond motifs is 1. The van der Waals surface area contributed by atoms with Crippen LogP contribution in [0.4, 0.5) is 4.79 Å². The highest BCUT2D eigenvalue weighted by Crippen LogP contribution is 2.41. The zero-order chi connectivity index (χ0) is 25.9. The smallest absolute Gasteiger partial charge is 0.410 e. The number of ether oxygens (including phenoxy) is 1. The summed E-state index contributed by atoms with van der Waals surface area (Å²) in [5, 5.41) is 9.22. The third-order valence-electron chi connectivity index (χ3n) is 7.17. The summed E-state index contributed by atoms with van der Waals surface area (Å²) in [6.45, 7) is 7.66. The molecule has 1 aliphatic heterocycles. The van der Waals surface area contributed by atoms with Crippen molar-refractivity contribution in [2.24, 2.45) is 17.8 Å². The van der Waals surface area contributed by atoms with Gasteiger partial charge in [-0.25, -0.2) is 9.59 Å². The van der Waals surface area contributed by atoms with Crippen LogP contribution in [0.5, 0.6) is 0 Å². The van der Waals surface area contributed by atoms with E-state index in [-0.39, 0.29) is 29.4 Å². The van der Waals surface area contributed by atoms with Crippen molar-refractivity contribution in [1.82, 2.24) is 9.80 Å². The maximum atomic E-state index is 14.0. The van der Waals surface area contributed by atoms with Crippen LogP contribution in [0.15, 0.2) is 54.6 Å². The molecule has 2 aliphatic rings. The van der Waals surface area contributed by atoms with E-state index in [1.54, 1.807) is 29.2 Å². The molecule has 192 valence electrons. The average molecular weight is 493 g/mol. The molecule has 1 saturated heterocycles. The van der Waals surface area contributed by atoms with Gasteiger partial charge >= 0.3 is 12.1 Å². The first kappa shape index (κ1) is 25.7. The standard InChI is InChI=1S/C29H36N2O5/c1-29(2,3)36-28(35)31-18-23-10-7-11-24(25(23)19-31)26(32)30(16-20-8-5-4-6-9-20)17-21-12-14-22(15-13-21)27(33)34/h4-6,8-9,12-15,23-25H,7,10-11,16-19H2,1-3H3,(H,33,34)/t23-,24?,25+/m1/s1. The molecule has 36 heavy (non-hydrogen) atoms. The summed E-state index contributed by atoms with van der Waals surface area (Å²) in [5.74, 6) is -0.608. The molecule has 0 bridgehead atoms. The summed E-state index contributed by atoms with van der Waals surface area (Å²) in [6, 6.07) is 16.6. The summed E-state index contributed by atoms with van der Waals surface area (Å²) >= 11 is 0. The first-order valence-electron chi connectivity index (χ1n) is 12.7. The van der Waals surface area contributed by atoms with Crippen LogP contribution in [0.2, 0.25) is 0 Å². The molecule has 3 atom stereocenters. The van der Waals surface area contributed by atoms with Crippen molar-refractivity contribution in [3.8, 4) is 0 Å². The molecule has 2 fully saturated rings. The number of likely N-dealkylation sites (tertiary alicyclic amines) is 1. The minimum absolute atomic E-state index is 0.0990. The molecule has 0 aromatic heterocycles. The van der Waals surface area contributed by atoms with Crippen LogP contribution in [-0.2, 0) is 22.6 Å². The molecule has 2 aromatic rings. The van der Waals surface area contributed by atoms with E-state index in [0.717, 1.165) is 30.4 Å². The van der Waals surface area contributed by atoms with Gasteiger partial charge in [-0.2, -0.15) is 0 Å². The molecule has 0 radical (unpaired) electrons. The second kappa shape index (κ2) is 10.7. The lowest BCUT2D eigenvalue weighted by Gasteiger charge is -2.36. The highest BCUT2D eigenvalue weighted by molar-refractivity contribution is 5.87. The van der Waals surface area contributed by atoms with Crippen LogP contribution < -0.4 is 0 Å². The van der Waals surface area contributed by atoms with Gasteiger partial charge in [0.1, 0.15) is 5.60 Å². The molecule has 7 nitrogen and oxygen atoms in total. The van der Waals surface area contributed by atoms with Gasteiger partial charge in [-0.05, 0) is 68.7 Å². The fourth-order valence-electron chi connectivity index (χ4n) is 5.48. The van der Waals surface area contributed by atoms with E-state index in [1.807, 2.05) is 56.0 Å². The average Bonchev–Trinajstić information content (AvgIpc) is 3.28. The Hall–Kier alpha value is -3.35. The Balaban J connectivity index is 1.53. The second-order valence-electron chi connectivity index (χ2n) is 11.0. The molecule has 1 unspecified atom stereocenters. The van der Waals surface area contributed by atoms with Crippen LogP contribution in [0, 0.1) is 17.8 Å². The van der Waals surface area contributed by atoms with Crippen molar-refractivity contribution in [3.63, 3.8) is 0 Å². The predicted molar refractivity (Wildman–Crippen MR) is 136 cm³/mol. The molecule has 2 aromatic carbocycles. The fraction of sp³-hybridized carbons (Fsp3) is 0.483. The van der Waals surface area contributed by atoms with Gasteiger partial charge in [-0.3, -0.25) is 4.79 Å². The van der Waals surface area contributed by atoms with E-state index >= 15 is 0 Å². The van der Waals surface area contributed by atoms with Gasteiger partial charge < -0.3 is 19.6 Å². The number of hydrogen-bond acceptors (Lipinski definition) is 4. The van der Waals surface area contributed by atoms with Crippen LogP contribution in [0.25, 0.3) is 0 Å². The Morgan fingerprint density at radius 3 is 2.19 bits per heavy atom. The van der Waals surface area contributed by atoms with E-state index in [2.05, 4.69) is 0 Å². The summed E-state index contributed by atoms with van der Waals surface area (Å²) in [7, 11) is 0. The topological polar surface area (TPSA) is 87.2 Å². The number of benzene rings is 2. The van der Waals surface area contributed by atoms with Crippen LogP contribution in [0.1, 0.15) is 61.5 Å². The summed E-state index contributed by atoms with van der Waals surface area (Å²) in [4.78, 5) is 41.7. The summed E-state index contributed by atoms with van der Waals surface area (Å²) in [6.07, 6.45) is 2.49. The van der Waals surface area contributed by atoms with Crippen molar-refractivity contribution < 1.29 is 24.2 Å². The first-order chi connectivity index (χ1) is 17.1. The minimum atomic E-state index is -0.970. The van der Waals surface area contributed by atoms with Gasteiger partial charge in [-0.15, -0.1) is 0 Å². The fourth-order valence-corrected chi connectivity index (χ4v) is 5.48. The van der Waals surface area contributed by atoms with E-state index in [0.29, 0.717) is 32.1 Å². The van der Waals surface area contributed by atoms with Gasteiger partial charge in [0.05, 0.1) is 5.56 Å². The third kappa shape index (κ3) is 6.25. The van der Waals surface area contributed by atoms with Crippen molar-refractivity contribution >= 4 is 18.0 Å². The first-order valence-corrected chi connectivity index (χ1v) is 12.7.